The molecule has 1 rings (SSSR count). The molecule has 13 heavy (non-hydrogen) atoms. The van der Waals surface area contributed by atoms with Crippen molar-refractivity contribution in [1.29, 1.82) is 0 Å². The SMILES string of the molecule is NC(=O)OCCN1CCNCC1=O. The highest BCUT2D eigenvalue weighted by Gasteiger charge is 2.16. The minimum absolute atomic E-state index is 0.0271. The Morgan fingerprint density at radius 2 is 2.46 bits per heavy atom. The van der Waals surface area contributed by atoms with Gasteiger partial charge in [0.15, 0.2) is 0 Å². The van der Waals surface area contributed by atoms with E-state index in [1.165, 1.54) is 0 Å². The predicted molar refractivity (Wildman–Crippen MR) is 45.0 cm³/mol. The first kappa shape index (κ1) is 9.79. The largest absolute Gasteiger partial charge is 0.448 e. The summed E-state index contributed by atoms with van der Waals surface area (Å²) in [6.07, 6.45) is -0.803. The van der Waals surface area contributed by atoms with Crippen LogP contribution < -0.4 is 11.1 Å². The van der Waals surface area contributed by atoms with Gasteiger partial charge in [-0.05, 0) is 0 Å². The van der Waals surface area contributed by atoms with Gasteiger partial charge in [0.1, 0.15) is 6.61 Å². The van der Waals surface area contributed by atoms with E-state index in [2.05, 4.69) is 10.1 Å². The number of nitrogens with one attached hydrogen (secondary N) is 1. The third kappa shape index (κ3) is 3.29. The molecule has 0 radical (unpaired) electrons. The van der Waals surface area contributed by atoms with E-state index >= 15 is 0 Å². The van der Waals surface area contributed by atoms with Gasteiger partial charge in [-0.1, -0.05) is 0 Å². The summed E-state index contributed by atoms with van der Waals surface area (Å²) in [7, 11) is 0. The summed E-state index contributed by atoms with van der Waals surface area (Å²) in [5.41, 5.74) is 4.77. The number of primary amides is 1. The maximum absolute atomic E-state index is 11.2. The van der Waals surface area contributed by atoms with Gasteiger partial charge in [0.2, 0.25) is 5.91 Å². The lowest BCUT2D eigenvalue weighted by Gasteiger charge is -2.26. The van der Waals surface area contributed by atoms with Crippen LogP contribution in [0.3, 0.4) is 0 Å². The minimum atomic E-state index is -0.803. The molecule has 6 heteroatoms. The molecular weight excluding hydrogens is 174 g/mol. The van der Waals surface area contributed by atoms with Gasteiger partial charge in [-0.2, -0.15) is 0 Å². The lowest BCUT2D eigenvalue weighted by atomic mass is 10.3. The molecule has 1 fully saturated rings. The summed E-state index contributed by atoms with van der Waals surface area (Å²) in [6.45, 7) is 2.38. The Bertz CT molecular complexity index is 207. The average molecular weight is 187 g/mol. The molecule has 1 saturated heterocycles. The second kappa shape index (κ2) is 4.66. The van der Waals surface area contributed by atoms with Gasteiger partial charge in [0.25, 0.3) is 0 Å². The molecule has 0 aromatic rings. The van der Waals surface area contributed by atoms with Crippen LogP contribution in [0.5, 0.6) is 0 Å². The average Bonchev–Trinajstić information content (AvgIpc) is 2.08. The van der Waals surface area contributed by atoms with Crippen molar-refractivity contribution in [3.05, 3.63) is 0 Å². The molecule has 3 N–H and O–H groups in total. The minimum Gasteiger partial charge on any atom is -0.448 e. The fourth-order valence-corrected chi connectivity index (χ4v) is 1.14. The lowest BCUT2D eigenvalue weighted by Crippen LogP contribution is -2.49. The molecule has 0 unspecified atom stereocenters. The fourth-order valence-electron chi connectivity index (χ4n) is 1.14. The van der Waals surface area contributed by atoms with Crippen LogP contribution in [0.1, 0.15) is 0 Å². The van der Waals surface area contributed by atoms with Crippen molar-refractivity contribution < 1.29 is 14.3 Å². The Balaban J connectivity index is 2.19. The molecule has 6 nitrogen and oxygen atoms in total. The standard InChI is InChI=1S/C7H13N3O3/c8-7(12)13-4-3-10-2-1-9-5-6(10)11/h9H,1-5H2,(H2,8,12). The molecule has 0 aromatic carbocycles. The van der Waals surface area contributed by atoms with Crippen LogP contribution in [0.2, 0.25) is 0 Å². The van der Waals surface area contributed by atoms with Crippen molar-refractivity contribution in [3.8, 4) is 0 Å². The second-order valence-corrected chi connectivity index (χ2v) is 2.73. The van der Waals surface area contributed by atoms with Crippen molar-refractivity contribution in [3.63, 3.8) is 0 Å². The number of piperazine rings is 1. The summed E-state index contributed by atoms with van der Waals surface area (Å²) in [6, 6.07) is 0. The number of carbonyl (C=O) groups excluding carboxylic acids is 2. The molecule has 1 aliphatic rings. The van der Waals surface area contributed by atoms with Crippen LogP contribution in [0.4, 0.5) is 4.79 Å². The second-order valence-electron chi connectivity index (χ2n) is 2.73. The number of hydrogen-bond donors (Lipinski definition) is 2. The quantitative estimate of drug-likeness (QED) is 0.564. The van der Waals surface area contributed by atoms with Crippen LogP contribution in [0.15, 0.2) is 0 Å². The number of rotatable bonds is 3. The Hall–Kier alpha value is -1.30. The highest BCUT2D eigenvalue weighted by atomic mass is 16.5. The van der Waals surface area contributed by atoms with Crippen LogP contribution in [0.25, 0.3) is 0 Å². The number of carbonyl (C=O) groups is 2. The van der Waals surface area contributed by atoms with E-state index in [0.29, 0.717) is 19.6 Å². The number of ether oxygens (including phenoxy) is 1. The van der Waals surface area contributed by atoms with E-state index in [-0.39, 0.29) is 12.5 Å². The van der Waals surface area contributed by atoms with E-state index < -0.39 is 6.09 Å². The van der Waals surface area contributed by atoms with Crippen molar-refractivity contribution in [1.82, 2.24) is 10.2 Å². The van der Waals surface area contributed by atoms with Crippen LogP contribution >= 0.6 is 0 Å². The van der Waals surface area contributed by atoms with Gasteiger partial charge < -0.3 is 20.7 Å². The smallest absolute Gasteiger partial charge is 0.404 e. The maximum Gasteiger partial charge on any atom is 0.404 e. The normalized spacial score (nSPS) is 17.2. The third-order valence-corrected chi connectivity index (χ3v) is 1.79. The maximum atomic E-state index is 11.2. The summed E-state index contributed by atoms with van der Waals surface area (Å²) >= 11 is 0. The topological polar surface area (TPSA) is 84.7 Å². The first-order chi connectivity index (χ1) is 6.20. The Labute approximate surface area is 76.0 Å². The third-order valence-electron chi connectivity index (χ3n) is 1.79. The van der Waals surface area contributed by atoms with E-state index in [9.17, 15) is 9.59 Å². The summed E-state index contributed by atoms with van der Waals surface area (Å²) < 4.78 is 4.52. The Morgan fingerprint density at radius 1 is 1.69 bits per heavy atom. The molecule has 1 heterocycles. The first-order valence-corrected chi connectivity index (χ1v) is 4.11. The van der Waals surface area contributed by atoms with Crippen molar-refractivity contribution in [2.24, 2.45) is 5.73 Å². The number of hydrogen-bond acceptors (Lipinski definition) is 4. The van der Waals surface area contributed by atoms with Crippen LogP contribution in [0, 0.1) is 0 Å². The van der Waals surface area contributed by atoms with Crippen molar-refractivity contribution in [2.75, 3.05) is 32.8 Å². The molecule has 0 aliphatic carbocycles. The van der Waals surface area contributed by atoms with Crippen LogP contribution in [-0.2, 0) is 9.53 Å². The number of nitrogens with zero attached hydrogens (tertiary/aromatic N) is 1. The molecule has 0 atom stereocenters. The van der Waals surface area contributed by atoms with E-state index in [4.69, 9.17) is 5.73 Å². The Kier molecular flexibility index (Phi) is 3.51. The fraction of sp³-hybridized carbons (Fsp3) is 0.714. The van der Waals surface area contributed by atoms with Gasteiger partial charge in [-0.3, -0.25) is 4.79 Å². The van der Waals surface area contributed by atoms with E-state index in [0.717, 1.165) is 6.54 Å². The first-order valence-electron chi connectivity index (χ1n) is 4.11. The van der Waals surface area contributed by atoms with Crippen molar-refractivity contribution >= 4 is 12.0 Å². The van der Waals surface area contributed by atoms with Gasteiger partial charge in [0.05, 0.1) is 13.1 Å². The molecule has 0 spiro atoms. The van der Waals surface area contributed by atoms with Gasteiger partial charge >= 0.3 is 6.09 Å². The summed E-state index contributed by atoms with van der Waals surface area (Å²) in [4.78, 5) is 23.0. The van der Waals surface area contributed by atoms with E-state index in [1.54, 1.807) is 4.90 Å². The molecule has 0 bridgehead atoms. The van der Waals surface area contributed by atoms with Gasteiger partial charge in [0, 0.05) is 13.1 Å². The van der Waals surface area contributed by atoms with Gasteiger partial charge in [-0.15, -0.1) is 0 Å². The predicted octanol–water partition coefficient (Wildman–Crippen LogP) is -1.49. The molecular formula is C7H13N3O3. The zero-order valence-electron chi connectivity index (χ0n) is 7.28. The molecule has 0 saturated carbocycles. The number of nitrogens with two attached hydrogens (primary N) is 1. The molecule has 74 valence electrons. The summed E-state index contributed by atoms with van der Waals surface area (Å²) in [5, 5.41) is 2.94. The van der Waals surface area contributed by atoms with Gasteiger partial charge in [-0.25, -0.2) is 4.79 Å². The highest BCUT2D eigenvalue weighted by molar-refractivity contribution is 5.79. The Morgan fingerprint density at radius 3 is 3.08 bits per heavy atom. The molecule has 0 aromatic heterocycles. The van der Waals surface area contributed by atoms with E-state index in [1.807, 2.05) is 0 Å². The highest BCUT2D eigenvalue weighted by Crippen LogP contribution is 1.93. The van der Waals surface area contributed by atoms with Crippen LogP contribution in [-0.4, -0.2) is 49.7 Å². The lowest BCUT2D eigenvalue weighted by molar-refractivity contribution is -0.132. The monoisotopic (exact) mass is 187 g/mol. The summed E-state index contributed by atoms with van der Waals surface area (Å²) in [5.74, 6) is 0.0271. The zero-order valence-corrected chi connectivity index (χ0v) is 7.28. The van der Waals surface area contributed by atoms with Crippen molar-refractivity contribution in [2.45, 2.75) is 0 Å². The number of amides is 2. The molecule has 1 aliphatic heterocycles. The molecule has 2 amide bonds. The zero-order chi connectivity index (χ0) is 9.68.